The smallest absolute Gasteiger partial charge is 0.408 e. The summed E-state index contributed by atoms with van der Waals surface area (Å²) in [6.45, 7) is 0.00314. The van der Waals surface area contributed by atoms with E-state index in [1.165, 1.54) is 19.2 Å². The van der Waals surface area contributed by atoms with Crippen molar-refractivity contribution >= 4 is 13.7 Å². The largest absolute Gasteiger partial charge is 0.497 e. The standard InChI is InChI=1S/C16H18NO6P/c1-22-14-9-7-13(8-10-14)15(24(19,20)21)17-16(18)23-11-12-5-3-2-4-6-12/h2-10,15H,11H2,1H3,(H,17,18)(H2,19,20,21). The third-order valence-corrected chi connectivity index (χ3v) is 4.34. The van der Waals surface area contributed by atoms with Gasteiger partial charge in [0.2, 0.25) is 0 Å². The van der Waals surface area contributed by atoms with Gasteiger partial charge in [0.1, 0.15) is 12.4 Å². The molecule has 128 valence electrons. The van der Waals surface area contributed by atoms with Gasteiger partial charge in [0.25, 0.3) is 0 Å². The van der Waals surface area contributed by atoms with E-state index < -0.39 is 19.5 Å². The lowest BCUT2D eigenvalue weighted by Gasteiger charge is -2.20. The maximum Gasteiger partial charge on any atom is 0.408 e. The van der Waals surface area contributed by atoms with Crippen molar-refractivity contribution in [3.63, 3.8) is 0 Å². The third kappa shape index (κ3) is 5.09. The van der Waals surface area contributed by atoms with Crippen LogP contribution < -0.4 is 10.1 Å². The number of nitrogens with one attached hydrogen (secondary N) is 1. The zero-order valence-electron chi connectivity index (χ0n) is 13.0. The Kier molecular flexibility index (Phi) is 5.98. The molecule has 1 amide bonds. The number of ether oxygens (including phenoxy) is 2. The Morgan fingerprint density at radius 3 is 2.29 bits per heavy atom. The number of benzene rings is 2. The van der Waals surface area contributed by atoms with Crippen molar-refractivity contribution in [2.75, 3.05) is 7.11 Å². The normalized spacial score (nSPS) is 12.3. The Morgan fingerprint density at radius 1 is 1.12 bits per heavy atom. The third-order valence-electron chi connectivity index (χ3n) is 3.24. The van der Waals surface area contributed by atoms with Gasteiger partial charge in [-0.2, -0.15) is 0 Å². The predicted molar refractivity (Wildman–Crippen MR) is 87.5 cm³/mol. The fraction of sp³-hybridized carbons (Fsp3) is 0.188. The van der Waals surface area contributed by atoms with E-state index in [4.69, 9.17) is 9.47 Å². The molecule has 24 heavy (non-hydrogen) atoms. The lowest BCUT2D eigenvalue weighted by atomic mass is 10.2. The number of amides is 1. The molecule has 7 nitrogen and oxygen atoms in total. The molecule has 0 fully saturated rings. The molecule has 2 aromatic rings. The van der Waals surface area contributed by atoms with Crippen LogP contribution in [0.25, 0.3) is 0 Å². The first-order valence-electron chi connectivity index (χ1n) is 7.06. The average molecular weight is 351 g/mol. The second-order valence-corrected chi connectivity index (χ2v) is 6.67. The molecule has 0 aliphatic heterocycles. The number of methoxy groups -OCH3 is 1. The Bertz CT molecular complexity index is 713. The number of carbonyl (C=O) groups is 1. The minimum absolute atomic E-state index is 0.00314. The topological polar surface area (TPSA) is 105 Å². The number of rotatable bonds is 6. The molecular weight excluding hydrogens is 333 g/mol. The van der Waals surface area contributed by atoms with Crippen molar-refractivity contribution in [3.05, 3.63) is 65.7 Å². The van der Waals surface area contributed by atoms with Gasteiger partial charge in [-0.15, -0.1) is 0 Å². The second kappa shape index (κ2) is 7.97. The first-order chi connectivity index (χ1) is 11.4. The summed E-state index contributed by atoms with van der Waals surface area (Å²) in [6, 6.07) is 15.0. The fourth-order valence-corrected chi connectivity index (χ4v) is 2.86. The van der Waals surface area contributed by atoms with E-state index in [9.17, 15) is 19.1 Å². The van der Waals surface area contributed by atoms with Gasteiger partial charge in [0.15, 0.2) is 5.78 Å². The van der Waals surface area contributed by atoms with Crippen molar-refractivity contribution in [2.24, 2.45) is 0 Å². The highest BCUT2D eigenvalue weighted by atomic mass is 31.2. The van der Waals surface area contributed by atoms with Crippen LogP contribution in [0.15, 0.2) is 54.6 Å². The number of carbonyl (C=O) groups excluding carboxylic acids is 1. The molecule has 0 aliphatic rings. The Hall–Kier alpha value is -2.34. The summed E-state index contributed by atoms with van der Waals surface area (Å²) >= 11 is 0. The van der Waals surface area contributed by atoms with E-state index in [-0.39, 0.29) is 12.2 Å². The number of alkyl carbamates (subject to hydrolysis) is 1. The van der Waals surface area contributed by atoms with Crippen molar-refractivity contribution in [1.29, 1.82) is 0 Å². The summed E-state index contributed by atoms with van der Waals surface area (Å²) in [5, 5.41) is 2.22. The van der Waals surface area contributed by atoms with E-state index in [0.717, 1.165) is 5.56 Å². The number of hydrogen-bond acceptors (Lipinski definition) is 4. The molecule has 0 aliphatic carbocycles. The molecule has 2 rings (SSSR count). The first kappa shape index (κ1) is 18.0. The summed E-state index contributed by atoms with van der Waals surface area (Å²) in [5.74, 6) is -0.957. The highest BCUT2D eigenvalue weighted by molar-refractivity contribution is 7.52. The molecule has 3 N–H and O–H groups in total. The minimum atomic E-state index is -4.62. The average Bonchev–Trinajstić information content (AvgIpc) is 2.58. The Labute approximate surface area is 139 Å². The molecule has 0 aromatic heterocycles. The van der Waals surface area contributed by atoms with Gasteiger partial charge >= 0.3 is 13.7 Å². The van der Waals surface area contributed by atoms with Gasteiger partial charge < -0.3 is 24.6 Å². The summed E-state index contributed by atoms with van der Waals surface area (Å²) < 4.78 is 21.7. The molecule has 2 aromatic carbocycles. The van der Waals surface area contributed by atoms with Gasteiger partial charge in [0.05, 0.1) is 7.11 Å². The Balaban J connectivity index is 2.05. The zero-order chi connectivity index (χ0) is 17.6. The maximum absolute atomic E-state index is 11.9. The highest BCUT2D eigenvalue weighted by Crippen LogP contribution is 2.50. The van der Waals surface area contributed by atoms with E-state index in [2.05, 4.69) is 5.32 Å². The van der Waals surface area contributed by atoms with Crippen molar-refractivity contribution in [1.82, 2.24) is 5.32 Å². The van der Waals surface area contributed by atoms with Crippen LogP contribution in [0.5, 0.6) is 5.75 Å². The zero-order valence-corrected chi connectivity index (χ0v) is 13.8. The molecule has 1 atom stereocenters. The van der Waals surface area contributed by atoms with Gasteiger partial charge in [-0.05, 0) is 23.3 Å². The van der Waals surface area contributed by atoms with Crippen LogP contribution in [0.4, 0.5) is 4.79 Å². The number of hydrogen-bond donors (Lipinski definition) is 3. The van der Waals surface area contributed by atoms with Gasteiger partial charge in [-0.3, -0.25) is 4.57 Å². The monoisotopic (exact) mass is 351 g/mol. The lowest BCUT2D eigenvalue weighted by molar-refractivity contribution is 0.137. The Morgan fingerprint density at radius 2 is 1.75 bits per heavy atom. The summed E-state index contributed by atoms with van der Waals surface area (Å²) in [5.41, 5.74) is 1.02. The highest BCUT2D eigenvalue weighted by Gasteiger charge is 2.32. The van der Waals surface area contributed by atoms with Crippen LogP contribution in [0.3, 0.4) is 0 Å². The predicted octanol–water partition coefficient (Wildman–Crippen LogP) is 2.80. The molecule has 0 saturated carbocycles. The quantitative estimate of drug-likeness (QED) is 0.691. The molecule has 0 bridgehead atoms. The molecule has 1 unspecified atom stereocenters. The van der Waals surface area contributed by atoms with Gasteiger partial charge in [-0.1, -0.05) is 42.5 Å². The first-order valence-corrected chi connectivity index (χ1v) is 8.74. The summed E-state index contributed by atoms with van der Waals surface area (Å²) in [6.07, 6.45) is -0.914. The van der Waals surface area contributed by atoms with Crippen LogP contribution in [-0.4, -0.2) is 23.0 Å². The van der Waals surface area contributed by atoms with E-state index >= 15 is 0 Å². The summed E-state index contributed by atoms with van der Waals surface area (Å²) in [7, 11) is -3.14. The van der Waals surface area contributed by atoms with Crippen LogP contribution in [0.1, 0.15) is 16.9 Å². The van der Waals surface area contributed by atoms with Crippen LogP contribution in [0, 0.1) is 0 Å². The SMILES string of the molecule is COc1ccc(C(NC(=O)OCc2ccccc2)P(=O)(O)O)cc1. The minimum Gasteiger partial charge on any atom is -0.497 e. The van der Waals surface area contributed by atoms with Crippen molar-refractivity contribution in [3.8, 4) is 5.75 Å². The second-order valence-electron chi connectivity index (χ2n) is 4.97. The lowest BCUT2D eigenvalue weighted by Crippen LogP contribution is -2.29. The van der Waals surface area contributed by atoms with E-state index in [1.54, 1.807) is 36.4 Å². The maximum atomic E-state index is 11.9. The molecule has 0 radical (unpaired) electrons. The molecule has 8 heteroatoms. The molecular formula is C16H18NO6P. The molecule has 0 spiro atoms. The van der Waals surface area contributed by atoms with E-state index in [0.29, 0.717) is 5.75 Å². The van der Waals surface area contributed by atoms with Gasteiger partial charge in [-0.25, -0.2) is 4.79 Å². The molecule has 0 saturated heterocycles. The van der Waals surface area contributed by atoms with Crippen LogP contribution >= 0.6 is 7.60 Å². The van der Waals surface area contributed by atoms with Crippen LogP contribution in [0.2, 0.25) is 0 Å². The summed E-state index contributed by atoms with van der Waals surface area (Å²) in [4.78, 5) is 30.9. The van der Waals surface area contributed by atoms with E-state index in [1.807, 2.05) is 6.07 Å². The van der Waals surface area contributed by atoms with Crippen LogP contribution in [-0.2, 0) is 15.9 Å². The van der Waals surface area contributed by atoms with Crippen molar-refractivity contribution < 1.29 is 28.6 Å². The fourth-order valence-electron chi connectivity index (χ4n) is 2.02. The molecule has 0 heterocycles. The van der Waals surface area contributed by atoms with Crippen molar-refractivity contribution in [2.45, 2.75) is 12.4 Å². The van der Waals surface area contributed by atoms with Gasteiger partial charge in [0, 0.05) is 0 Å².